The Hall–Kier alpha value is -2.03. The lowest BCUT2D eigenvalue weighted by Crippen LogP contribution is -2.55. The molecule has 0 aromatic heterocycles. The SMILES string of the molecule is COc1ccc(C(N[C@H](C(=O)O)C(C)C)(OC)OC)c(OC)c1OC. The van der Waals surface area contributed by atoms with E-state index < -0.39 is 17.9 Å². The zero-order chi connectivity index (χ0) is 19.2. The van der Waals surface area contributed by atoms with Crippen LogP contribution in [0.15, 0.2) is 12.1 Å². The van der Waals surface area contributed by atoms with Crippen LogP contribution in [0.3, 0.4) is 0 Å². The van der Waals surface area contributed by atoms with E-state index in [1.165, 1.54) is 35.5 Å². The van der Waals surface area contributed by atoms with Gasteiger partial charge in [-0.05, 0) is 18.1 Å². The van der Waals surface area contributed by atoms with Gasteiger partial charge in [-0.3, -0.25) is 4.79 Å². The van der Waals surface area contributed by atoms with Crippen molar-refractivity contribution < 1.29 is 33.6 Å². The molecule has 0 unspecified atom stereocenters. The minimum absolute atomic E-state index is 0.215. The molecule has 8 heteroatoms. The Morgan fingerprint density at radius 2 is 1.56 bits per heavy atom. The first-order valence-electron chi connectivity index (χ1n) is 7.72. The number of carbonyl (C=O) groups is 1. The average molecular weight is 357 g/mol. The second-order valence-corrected chi connectivity index (χ2v) is 5.61. The molecule has 0 aliphatic heterocycles. The number of benzene rings is 1. The van der Waals surface area contributed by atoms with E-state index in [0.29, 0.717) is 22.8 Å². The highest BCUT2D eigenvalue weighted by Gasteiger charge is 2.41. The lowest BCUT2D eigenvalue weighted by Gasteiger charge is -2.36. The van der Waals surface area contributed by atoms with Crippen LogP contribution < -0.4 is 19.5 Å². The number of hydrogen-bond donors (Lipinski definition) is 2. The predicted octanol–water partition coefficient (Wildman–Crippen LogP) is 1.81. The first kappa shape index (κ1) is 21.0. The Bertz CT molecular complexity index is 585. The number of aliphatic carboxylic acids is 1. The summed E-state index contributed by atoms with van der Waals surface area (Å²) in [5.74, 6) is -1.67. The van der Waals surface area contributed by atoms with E-state index in [0.717, 1.165) is 0 Å². The van der Waals surface area contributed by atoms with Crippen LogP contribution in [-0.2, 0) is 20.2 Å². The zero-order valence-corrected chi connectivity index (χ0v) is 15.7. The summed E-state index contributed by atoms with van der Waals surface area (Å²) < 4.78 is 27.2. The molecular weight excluding hydrogens is 330 g/mol. The van der Waals surface area contributed by atoms with Crippen LogP contribution >= 0.6 is 0 Å². The molecule has 0 heterocycles. The van der Waals surface area contributed by atoms with Crippen LogP contribution in [-0.4, -0.2) is 52.7 Å². The Labute approximate surface area is 148 Å². The minimum atomic E-state index is -1.56. The van der Waals surface area contributed by atoms with Gasteiger partial charge in [0.1, 0.15) is 6.04 Å². The van der Waals surface area contributed by atoms with Crippen molar-refractivity contribution in [1.29, 1.82) is 0 Å². The molecule has 8 nitrogen and oxygen atoms in total. The fourth-order valence-electron chi connectivity index (χ4n) is 2.58. The Balaban J connectivity index is 3.55. The fraction of sp³-hybridized carbons (Fsp3) is 0.588. The van der Waals surface area contributed by atoms with Crippen molar-refractivity contribution in [3.8, 4) is 17.2 Å². The maximum atomic E-state index is 11.6. The number of hydrogen-bond acceptors (Lipinski definition) is 7. The maximum Gasteiger partial charge on any atom is 0.321 e. The predicted molar refractivity (Wildman–Crippen MR) is 91.2 cm³/mol. The summed E-state index contributed by atoms with van der Waals surface area (Å²) >= 11 is 0. The average Bonchev–Trinajstić information content (AvgIpc) is 2.61. The summed E-state index contributed by atoms with van der Waals surface area (Å²) in [5, 5.41) is 12.4. The monoisotopic (exact) mass is 357 g/mol. The standard InChI is InChI=1S/C17H27NO7/c1-10(2)13(16(19)20)18-17(24-6,25-7)11-8-9-12(21-3)15(23-5)14(11)22-4/h8-10,13,18H,1-7H3,(H,19,20)/t13-/m0/s1. The van der Waals surface area contributed by atoms with Gasteiger partial charge in [0.15, 0.2) is 11.5 Å². The van der Waals surface area contributed by atoms with Crippen molar-refractivity contribution in [3.05, 3.63) is 17.7 Å². The van der Waals surface area contributed by atoms with Gasteiger partial charge in [0.2, 0.25) is 5.75 Å². The van der Waals surface area contributed by atoms with E-state index in [1.807, 2.05) is 0 Å². The molecule has 0 saturated heterocycles. The van der Waals surface area contributed by atoms with E-state index in [9.17, 15) is 9.90 Å². The third kappa shape index (κ3) is 4.15. The van der Waals surface area contributed by atoms with Gasteiger partial charge < -0.3 is 28.8 Å². The highest BCUT2D eigenvalue weighted by atomic mass is 16.7. The highest BCUT2D eigenvalue weighted by Crippen LogP contribution is 2.44. The third-order valence-corrected chi connectivity index (χ3v) is 3.91. The van der Waals surface area contributed by atoms with Gasteiger partial charge in [0.25, 0.3) is 5.91 Å². The Morgan fingerprint density at radius 3 is 1.92 bits per heavy atom. The summed E-state index contributed by atoms with van der Waals surface area (Å²) in [6.07, 6.45) is 0. The number of carboxylic acid groups (broad SMARTS) is 1. The lowest BCUT2D eigenvalue weighted by atomic mass is 10.0. The van der Waals surface area contributed by atoms with Crippen molar-refractivity contribution in [2.45, 2.75) is 25.8 Å². The first-order chi connectivity index (χ1) is 11.8. The molecule has 0 amide bonds. The molecule has 1 rings (SSSR count). The van der Waals surface area contributed by atoms with Crippen LogP contribution in [0.2, 0.25) is 0 Å². The molecule has 1 atom stereocenters. The lowest BCUT2D eigenvalue weighted by molar-refractivity contribution is -0.246. The summed E-state index contributed by atoms with van der Waals surface area (Å²) in [4.78, 5) is 11.6. The maximum absolute atomic E-state index is 11.6. The topological polar surface area (TPSA) is 95.5 Å². The van der Waals surface area contributed by atoms with Crippen LogP contribution in [0.5, 0.6) is 17.2 Å². The number of methoxy groups -OCH3 is 5. The smallest absolute Gasteiger partial charge is 0.321 e. The van der Waals surface area contributed by atoms with Gasteiger partial charge in [-0.25, -0.2) is 5.32 Å². The first-order valence-corrected chi connectivity index (χ1v) is 7.72. The molecule has 1 aromatic carbocycles. The molecule has 0 bridgehead atoms. The van der Waals surface area contributed by atoms with Crippen LogP contribution in [0.25, 0.3) is 0 Å². The molecule has 0 aliphatic rings. The Kier molecular flexibility index (Phi) is 7.47. The van der Waals surface area contributed by atoms with E-state index in [4.69, 9.17) is 23.7 Å². The molecule has 0 saturated carbocycles. The van der Waals surface area contributed by atoms with Crippen molar-refractivity contribution in [3.63, 3.8) is 0 Å². The van der Waals surface area contributed by atoms with Crippen LogP contribution in [0.4, 0.5) is 0 Å². The summed E-state index contributed by atoms with van der Waals surface area (Å²) in [6, 6.07) is 2.41. The molecule has 0 aliphatic carbocycles. The summed E-state index contributed by atoms with van der Waals surface area (Å²) in [6.45, 7) is 3.57. The van der Waals surface area contributed by atoms with Gasteiger partial charge >= 0.3 is 5.97 Å². The second-order valence-electron chi connectivity index (χ2n) is 5.61. The van der Waals surface area contributed by atoms with Gasteiger partial charge in [0, 0.05) is 14.2 Å². The molecule has 1 aromatic rings. The fourth-order valence-corrected chi connectivity index (χ4v) is 2.58. The summed E-state index contributed by atoms with van der Waals surface area (Å²) in [5.41, 5.74) is 0.421. The zero-order valence-electron chi connectivity index (χ0n) is 15.7. The second kappa shape index (κ2) is 8.89. The summed E-state index contributed by atoms with van der Waals surface area (Å²) in [7, 11) is 7.27. The molecule has 0 radical (unpaired) electrons. The van der Waals surface area contributed by atoms with Crippen molar-refractivity contribution in [1.82, 2.24) is 5.32 Å². The van der Waals surface area contributed by atoms with E-state index in [2.05, 4.69) is 5.32 Å². The number of rotatable bonds is 10. The van der Waals surface area contributed by atoms with E-state index in [1.54, 1.807) is 26.0 Å². The van der Waals surface area contributed by atoms with Crippen LogP contribution in [0.1, 0.15) is 19.4 Å². The quantitative estimate of drug-likeness (QED) is 0.612. The molecule has 25 heavy (non-hydrogen) atoms. The largest absolute Gasteiger partial charge is 0.493 e. The number of nitrogens with one attached hydrogen (secondary N) is 1. The van der Waals surface area contributed by atoms with E-state index >= 15 is 0 Å². The van der Waals surface area contributed by atoms with Crippen molar-refractivity contribution in [2.24, 2.45) is 5.92 Å². The number of ether oxygens (including phenoxy) is 5. The van der Waals surface area contributed by atoms with Crippen molar-refractivity contribution in [2.75, 3.05) is 35.5 Å². The van der Waals surface area contributed by atoms with Gasteiger partial charge in [-0.15, -0.1) is 0 Å². The molecule has 2 N–H and O–H groups in total. The Morgan fingerprint density at radius 1 is 1.00 bits per heavy atom. The third-order valence-electron chi connectivity index (χ3n) is 3.91. The van der Waals surface area contributed by atoms with Gasteiger partial charge in [-0.2, -0.15) is 0 Å². The molecule has 0 fully saturated rings. The van der Waals surface area contributed by atoms with Crippen molar-refractivity contribution >= 4 is 5.97 Å². The number of carboxylic acids is 1. The van der Waals surface area contributed by atoms with Gasteiger partial charge in [-0.1, -0.05) is 13.8 Å². The highest BCUT2D eigenvalue weighted by molar-refractivity contribution is 5.74. The van der Waals surface area contributed by atoms with Gasteiger partial charge in [0.05, 0.1) is 26.9 Å². The molecule has 0 spiro atoms. The van der Waals surface area contributed by atoms with E-state index in [-0.39, 0.29) is 5.92 Å². The van der Waals surface area contributed by atoms with Crippen LogP contribution in [0, 0.1) is 5.92 Å². The minimum Gasteiger partial charge on any atom is -0.493 e. The normalized spacial score (nSPS) is 12.8. The molecular formula is C17H27NO7. The molecule has 142 valence electrons.